The van der Waals surface area contributed by atoms with Gasteiger partial charge in [-0.05, 0) is 24.5 Å². The van der Waals surface area contributed by atoms with Crippen molar-refractivity contribution in [2.24, 2.45) is 0 Å². The molecule has 1 N–H and O–H groups in total. The third-order valence-electron chi connectivity index (χ3n) is 4.20. The third-order valence-corrected chi connectivity index (χ3v) is 4.20. The topological polar surface area (TPSA) is 40.5 Å². The van der Waals surface area contributed by atoms with Crippen LogP contribution in [0.2, 0.25) is 0 Å². The van der Waals surface area contributed by atoms with E-state index in [4.69, 9.17) is 5.11 Å². The van der Waals surface area contributed by atoms with Gasteiger partial charge in [0.15, 0.2) is 0 Å². The van der Waals surface area contributed by atoms with Crippen molar-refractivity contribution in [1.29, 1.82) is 0 Å². The maximum Gasteiger partial charge on any atom is 0.323 e. The SMILES string of the molecule is O=C(O)CN1CC2(CCCC2)c2ccccc21. The molecule has 1 saturated carbocycles. The fourth-order valence-corrected chi connectivity index (χ4v) is 3.52. The highest BCUT2D eigenvalue weighted by molar-refractivity contribution is 5.76. The van der Waals surface area contributed by atoms with E-state index in [0.29, 0.717) is 0 Å². The predicted octanol–water partition coefficient (Wildman–Crippen LogP) is 2.40. The molecule has 3 heteroatoms. The number of benzene rings is 1. The van der Waals surface area contributed by atoms with Crippen molar-refractivity contribution < 1.29 is 9.90 Å². The lowest BCUT2D eigenvalue weighted by Gasteiger charge is -2.24. The molecule has 90 valence electrons. The first-order chi connectivity index (χ1) is 8.21. The minimum absolute atomic E-state index is 0.124. The smallest absolute Gasteiger partial charge is 0.323 e. The maximum absolute atomic E-state index is 10.9. The van der Waals surface area contributed by atoms with Crippen molar-refractivity contribution >= 4 is 11.7 Å². The lowest BCUT2D eigenvalue weighted by molar-refractivity contribution is -0.135. The Morgan fingerprint density at radius 1 is 1.29 bits per heavy atom. The first-order valence-corrected chi connectivity index (χ1v) is 6.28. The summed E-state index contributed by atoms with van der Waals surface area (Å²) in [5, 5.41) is 8.99. The van der Waals surface area contributed by atoms with Crippen molar-refractivity contribution in [3.63, 3.8) is 0 Å². The molecule has 1 aromatic rings. The summed E-state index contributed by atoms with van der Waals surface area (Å²) in [6.07, 6.45) is 4.96. The lowest BCUT2D eigenvalue weighted by atomic mass is 9.81. The Labute approximate surface area is 101 Å². The number of para-hydroxylation sites is 1. The van der Waals surface area contributed by atoms with Gasteiger partial charge in [-0.1, -0.05) is 31.0 Å². The molecule has 2 aliphatic rings. The molecular weight excluding hydrogens is 214 g/mol. The number of carboxylic acid groups (broad SMARTS) is 1. The molecule has 17 heavy (non-hydrogen) atoms. The van der Waals surface area contributed by atoms with Crippen LogP contribution in [0.15, 0.2) is 24.3 Å². The molecule has 1 aliphatic heterocycles. The van der Waals surface area contributed by atoms with Gasteiger partial charge in [0.2, 0.25) is 0 Å². The molecule has 0 bridgehead atoms. The van der Waals surface area contributed by atoms with E-state index in [1.54, 1.807) is 0 Å². The monoisotopic (exact) mass is 231 g/mol. The van der Waals surface area contributed by atoms with Crippen LogP contribution in [0.3, 0.4) is 0 Å². The van der Waals surface area contributed by atoms with Crippen molar-refractivity contribution in [3.05, 3.63) is 29.8 Å². The van der Waals surface area contributed by atoms with E-state index in [0.717, 1.165) is 12.2 Å². The molecule has 1 heterocycles. The highest BCUT2D eigenvalue weighted by Crippen LogP contribution is 2.50. The van der Waals surface area contributed by atoms with Gasteiger partial charge >= 0.3 is 5.97 Å². The Hall–Kier alpha value is -1.51. The lowest BCUT2D eigenvalue weighted by Crippen LogP contribution is -2.34. The first kappa shape index (κ1) is 10.6. The number of carboxylic acids is 1. The van der Waals surface area contributed by atoms with Gasteiger partial charge in [-0.25, -0.2) is 0 Å². The van der Waals surface area contributed by atoms with Crippen molar-refractivity contribution in [1.82, 2.24) is 0 Å². The number of rotatable bonds is 2. The van der Waals surface area contributed by atoms with Crippen LogP contribution in [0.5, 0.6) is 0 Å². The van der Waals surface area contributed by atoms with Crippen LogP contribution in [-0.2, 0) is 10.2 Å². The van der Waals surface area contributed by atoms with Gasteiger partial charge < -0.3 is 10.0 Å². The zero-order valence-electron chi connectivity index (χ0n) is 9.85. The summed E-state index contributed by atoms with van der Waals surface area (Å²) in [5.74, 6) is -0.741. The normalized spacial score (nSPS) is 20.8. The second-order valence-corrected chi connectivity index (χ2v) is 5.25. The molecule has 1 aliphatic carbocycles. The van der Waals surface area contributed by atoms with E-state index < -0.39 is 5.97 Å². The number of anilines is 1. The highest BCUT2D eigenvalue weighted by Gasteiger charge is 2.44. The van der Waals surface area contributed by atoms with E-state index in [1.807, 2.05) is 11.0 Å². The molecule has 0 unspecified atom stereocenters. The molecule has 0 saturated heterocycles. The molecule has 1 fully saturated rings. The Bertz CT molecular complexity index is 449. The number of carbonyl (C=O) groups is 1. The molecular formula is C14H17NO2. The van der Waals surface area contributed by atoms with E-state index in [-0.39, 0.29) is 12.0 Å². The second kappa shape index (κ2) is 3.76. The average molecular weight is 231 g/mol. The summed E-state index contributed by atoms with van der Waals surface area (Å²) < 4.78 is 0. The zero-order valence-corrected chi connectivity index (χ0v) is 9.85. The number of aliphatic carboxylic acids is 1. The quantitative estimate of drug-likeness (QED) is 0.849. The number of hydrogen-bond acceptors (Lipinski definition) is 2. The van der Waals surface area contributed by atoms with Crippen molar-refractivity contribution in [2.75, 3.05) is 18.0 Å². The first-order valence-electron chi connectivity index (χ1n) is 6.28. The average Bonchev–Trinajstić information content (AvgIpc) is 2.88. The summed E-state index contributed by atoms with van der Waals surface area (Å²) in [7, 11) is 0. The zero-order chi connectivity index (χ0) is 11.9. The maximum atomic E-state index is 10.9. The Balaban J connectivity index is 2.00. The van der Waals surface area contributed by atoms with Gasteiger partial charge in [-0.2, -0.15) is 0 Å². The largest absolute Gasteiger partial charge is 0.480 e. The predicted molar refractivity (Wildman–Crippen MR) is 66.4 cm³/mol. The minimum Gasteiger partial charge on any atom is -0.480 e. The summed E-state index contributed by atoms with van der Waals surface area (Å²) in [6.45, 7) is 1.01. The van der Waals surface area contributed by atoms with E-state index >= 15 is 0 Å². The third kappa shape index (κ3) is 1.61. The van der Waals surface area contributed by atoms with Gasteiger partial charge in [0.05, 0.1) is 0 Å². The Morgan fingerprint density at radius 3 is 2.71 bits per heavy atom. The Kier molecular flexibility index (Phi) is 2.35. The van der Waals surface area contributed by atoms with Crippen molar-refractivity contribution in [2.45, 2.75) is 31.1 Å². The van der Waals surface area contributed by atoms with Crippen LogP contribution < -0.4 is 4.90 Å². The molecule has 0 radical (unpaired) electrons. The molecule has 1 aromatic carbocycles. The van der Waals surface area contributed by atoms with E-state index in [1.165, 1.54) is 31.2 Å². The fourth-order valence-electron chi connectivity index (χ4n) is 3.52. The molecule has 0 atom stereocenters. The minimum atomic E-state index is -0.741. The van der Waals surface area contributed by atoms with Gasteiger partial charge in [-0.15, -0.1) is 0 Å². The van der Waals surface area contributed by atoms with Crippen LogP contribution in [0.4, 0.5) is 5.69 Å². The second-order valence-electron chi connectivity index (χ2n) is 5.25. The Morgan fingerprint density at radius 2 is 2.00 bits per heavy atom. The van der Waals surface area contributed by atoms with Gasteiger partial charge in [0.25, 0.3) is 0 Å². The van der Waals surface area contributed by atoms with Gasteiger partial charge in [0, 0.05) is 17.6 Å². The standard InChI is InChI=1S/C14H17NO2/c16-13(17)9-15-10-14(7-3-4-8-14)11-5-1-2-6-12(11)15/h1-2,5-6H,3-4,7-10H2,(H,16,17). The van der Waals surface area contributed by atoms with Crippen LogP contribution in [0.25, 0.3) is 0 Å². The summed E-state index contributed by atoms with van der Waals surface area (Å²) in [5.41, 5.74) is 2.75. The van der Waals surface area contributed by atoms with Crippen LogP contribution in [0, 0.1) is 0 Å². The van der Waals surface area contributed by atoms with Crippen LogP contribution in [0.1, 0.15) is 31.2 Å². The molecule has 0 aromatic heterocycles. The fraction of sp³-hybridized carbons (Fsp3) is 0.500. The molecule has 3 rings (SSSR count). The number of hydrogen-bond donors (Lipinski definition) is 1. The summed E-state index contributed by atoms with van der Waals surface area (Å²) in [4.78, 5) is 13.0. The number of fused-ring (bicyclic) bond motifs is 2. The van der Waals surface area contributed by atoms with E-state index in [9.17, 15) is 4.79 Å². The van der Waals surface area contributed by atoms with Crippen LogP contribution >= 0.6 is 0 Å². The highest BCUT2D eigenvalue weighted by atomic mass is 16.4. The van der Waals surface area contributed by atoms with Gasteiger partial charge in [0.1, 0.15) is 6.54 Å². The van der Waals surface area contributed by atoms with E-state index in [2.05, 4.69) is 18.2 Å². The van der Waals surface area contributed by atoms with Crippen LogP contribution in [-0.4, -0.2) is 24.2 Å². The summed E-state index contributed by atoms with van der Waals surface area (Å²) >= 11 is 0. The molecule has 0 amide bonds. The van der Waals surface area contributed by atoms with Gasteiger partial charge in [-0.3, -0.25) is 4.79 Å². The van der Waals surface area contributed by atoms with Crippen molar-refractivity contribution in [3.8, 4) is 0 Å². The summed E-state index contributed by atoms with van der Waals surface area (Å²) in [6, 6.07) is 8.32. The number of nitrogens with zero attached hydrogens (tertiary/aromatic N) is 1. The molecule has 3 nitrogen and oxygen atoms in total. The molecule has 1 spiro atoms.